The van der Waals surface area contributed by atoms with Crippen molar-refractivity contribution in [3.05, 3.63) is 0 Å². The molecule has 1 saturated carbocycles. The lowest BCUT2D eigenvalue weighted by molar-refractivity contribution is -0.310. The van der Waals surface area contributed by atoms with E-state index in [1.807, 2.05) is 6.92 Å². The molecule has 1 saturated heterocycles. The highest BCUT2D eigenvalue weighted by Crippen LogP contribution is 2.45. The molecule has 0 bridgehead atoms. The Balaban J connectivity index is 1.90. The highest BCUT2D eigenvalue weighted by molar-refractivity contribution is 5.80. The van der Waals surface area contributed by atoms with E-state index < -0.39 is 37.3 Å². The minimum Gasteiger partial charge on any atom is -0.394 e. The first-order valence-electron chi connectivity index (χ1n) is 9.54. The standard InChI is InChI=1S/C19H34O7/c1-10-7-12(21)8-19(3,4)13(10)6-5-11(2)25-18-17(24)16(23)15(22)14(9-20)26-18/h10-11,13-18,20,22-24H,5-9H2,1-4H3/t10-,11-,13+,14-,15-,16+,17-,18-/m1/s1. The van der Waals surface area contributed by atoms with Gasteiger partial charge in [0.05, 0.1) is 12.7 Å². The molecule has 1 aliphatic carbocycles. The van der Waals surface area contributed by atoms with Crippen LogP contribution in [0.15, 0.2) is 0 Å². The zero-order chi connectivity index (χ0) is 19.6. The van der Waals surface area contributed by atoms with E-state index in [1.165, 1.54) is 0 Å². The van der Waals surface area contributed by atoms with Gasteiger partial charge in [-0.2, -0.15) is 0 Å². The number of aliphatic hydroxyl groups excluding tert-OH is 4. The molecule has 152 valence electrons. The second kappa shape index (κ2) is 8.63. The number of rotatable bonds is 6. The second-order valence-corrected chi connectivity index (χ2v) is 8.71. The van der Waals surface area contributed by atoms with Crippen LogP contribution in [0.5, 0.6) is 0 Å². The molecule has 2 rings (SSSR count). The molecule has 1 aliphatic heterocycles. The lowest BCUT2D eigenvalue weighted by Gasteiger charge is -2.43. The number of carbonyl (C=O) groups is 1. The van der Waals surface area contributed by atoms with Crippen molar-refractivity contribution in [2.24, 2.45) is 17.3 Å². The molecule has 7 heteroatoms. The SMILES string of the molecule is C[C@H](CC[C@H]1[C@H](C)CC(=O)CC1(C)C)O[C@@H]1O[C@H](CO)[C@@H](O)[C@H](O)[C@H]1O. The Labute approximate surface area is 155 Å². The first-order chi connectivity index (χ1) is 12.1. The highest BCUT2D eigenvalue weighted by atomic mass is 16.7. The maximum absolute atomic E-state index is 11.9. The number of Topliss-reactive ketones (excluding diaryl/α,β-unsaturated/α-hetero) is 1. The quantitative estimate of drug-likeness (QED) is 0.538. The highest BCUT2D eigenvalue weighted by Gasteiger charge is 2.45. The van der Waals surface area contributed by atoms with Gasteiger partial charge in [0.2, 0.25) is 0 Å². The molecule has 2 aliphatic rings. The van der Waals surface area contributed by atoms with Crippen LogP contribution in [0, 0.1) is 17.3 Å². The van der Waals surface area contributed by atoms with E-state index in [-0.39, 0.29) is 11.5 Å². The van der Waals surface area contributed by atoms with Gasteiger partial charge in [0, 0.05) is 12.8 Å². The second-order valence-electron chi connectivity index (χ2n) is 8.71. The van der Waals surface area contributed by atoms with E-state index in [0.29, 0.717) is 30.5 Å². The maximum Gasteiger partial charge on any atom is 0.186 e. The Morgan fingerprint density at radius 3 is 2.46 bits per heavy atom. The average Bonchev–Trinajstić information content (AvgIpc) is 2.53. The predicted octanol–water partition coefficient (Wildman–Crippen LogP) is 0.613. The van der Waals surface area contributed by atoms with E-state index in [9.17, 15) is 25.2 Å². The molecule has 0 radical (unpaired) electrons. The molecule has 0 amide bonds. The van der Waals surface area contributed by atoms with Crippen molar-refractivity contribution < 1.29 is 34.7 Å². The van der Waals surface area contributed by atoms with Gasteiger partial charge in [-0.3, -0.25) is 4.79 Å². The van der Waals surface area contributed by atoms with Gasteiger partial charge in [-0.15, -0.1) is 0 Å². The first kappa shape index (κ1) is 21.7. The molecule has 0 spiro atoms. The number of ketones is 1. The van der Waals surface area contributed by atoms with Gasteiger partial charge in [-0.05, 0) is 37.0 Å². The van der Waals surface area contributed by atoms with Crippen molar-refractivity contribution >= 4 is 5.78 Å². The van der Waals surface area contributed by atoms with Crippen molar-refractivity contribution in [1.82, 2.24) is 0 Å². The summed E-state index contributed by atoms with van der Waals surface area (Å²) in [7, 11) is 0. The van der Waals surface area contributed by atoms with Crippen LogP contribution < -0.4 is 0 Å². The van der Waals surface area contributed by atoms with Crippen LogP contribution in [-0.2, 0) is 14.3 Å². The van der Waals surface area contributed by atoms with E-state index in [1.54, 1.807) is 0 Å². The molecule has 4 N–H and O–H groups in total. The van der Waals surface area contributed by atoms with Crippen LogP contribution in [0.4, 0.5) is 0 Å². The largest absolute Gasteiger partial charge is 0.394 e. The summed E-state index contributed by atoms with van der Waals surface area (Å²) < 4.78 is 11.1. The van der Waals surface area contributed by atoms with Crippen molar-refractivity contribution in [2.75, 3.05) is 6.61 Å². The summed E-state index contributed by atoms with van der Waals surface area (Å²) in [5.74, 6) is 1.05. The third kappa shape index (κ3) is 4.82. The van der Waals surface area contributed by atoms with Crippen LogP contribution in [0.3, 0.4) is 0 Å². The minimum atomic E-state index is -1.43. The Kier molecular flexibility index (Phi) is 7.21. The van der Waals surface area contributed by atoms with Gasteiger partial charge in [0.1, 0.15) is 30.2 Å². The van der Waals surface area contributed by atoms with Gasteiger partial charge in [-0.1, -0.05) is 20.8 Å². The van der Waals surface area contributed by atoms with Gasteiger partial charge in [-0.25, -0.2) is 0 Å². The number of hydrogen-bond acceptors (Lipinski definition) is 7. The molecule has 0 unspecified atom stereocenters. The van der Waals surface area contributed by atoms with Crippen LogP contribution >= 0.6 is 0 Å². The fraction of sp³-hybridized carbons (Fsp3) is 0.947. The zero-order valence-electron chi connectivity index (χ0n) is 16.2. The van der Waals surface area contributed by atoms with Gasteiger partial charge in [0.15, 0.2) is 6.29 Å². The number of aliphatic hydroxyl groups is 4. The van der Waals surface area contributed by atoms with Gasteiger partial charge < -0.3 is 29.9 Å². The van der Waals surface area contributed by atoms with Crippen LogP contribution in [0.25, 0.3) is 0 Å². The number of hydrogen-bond donors (Lipinski definition) is 4. The van der Waals surface area contributed by atoms with Crippen LogP contribution in [0.2, 0.25) is 0 Å². The lowest BCUT2D eigenvalue weighted by Crippen LogP contribution is -2.59. The van der Waals surface area contributed by atoms with Crippen molar-refractivity contribution in [1.29, 1.82) is 0 Å². The molecule has 1 heterocycles. The van der Waals surface area contributed by atoms with E-state index >= 15 is 0 Å². The summed E-state index contributed by atoms with van der Waals surface area (Å²) in [6, 6.07) is 0. The van der Waals surface area contributed by atoms with Crippen LogP contribution in [-0.4, -0.2) is 69.6 Å². The Morgan fingerprint density at radius 2 is 1.88 bits per heavy atom. The predicted molar refractivity (Wildman–Crippen MR) is 94.2 cm³/mol. The fourth-order valence-electron chi connectivity index (χ4n) is 4.55. The summed E-state index contributed by atoms with van der Waals surface area (Å²) in [5, 5.41) is 39.0. The molecule has 2 fully saturated rings. The minimum absolute atomic E-state index is 0.0440. The van der Waals surface area contributed by atoms with Crippen molar-refractivity contribution in [3.8, 4) is 0 Å². The third-order valence-electron chi connectivity index (χ3n) is 5.99. The molecule has 7 nitrogen and oxygen atoms in total. The Bertz CT molecular complexity index is 479. The first-order valence-corrected chi connectivity index (χ1v) is 9.54. The monoisotopic (exact) mass is 374 g/mol. The van der Waals surface area contributed by atoms with E-state index in [0.717, 1.165) is 12.8 Å². The van der Waals surface area contributed by atoms with Gasteiger partial charge >= 0.3 is 0 Å². The molecule has 26 heavy (non-hydrogen) atoms. The topological polar surface area (TPSA) is 116 Å². The summed E-state index contributed by atoms with van der Waals surface area (Å²) in [5.41, 5.74) is -0.0440. The molecule has 0 aromatic heterocycles. The number of carbonyl (C=O) groups excluding carboxylic acids is 1. The summed E-state index contributed by atoms with van der Waals surface area (Å²) in [4.78, 5) is 11.9. The van der Waals surface area contributed by atoms with E-state index in [2.05, 4.69) is 20.8 Å². The van der Waals surface area contributed by atoms with Crippen molar-refractivity contribution in [2.45, 2.75) is 90.2 Å². The lowest BCUT2D eigenvalue weighted by atomic mass is 9.62. The molecule has 8 atom stereocenters. The molecular formula is C19H34O7. The van der Waals surface area contributed by atoms with E-state index in [4.69, 9.17) is 9.47 Å². The molecular weight excluding hydrogens is 340 g/mol. The maximum atomic E-state index is 11.9. The molecule has 0 aromatic carbocycles. The zero-order valence-corrected chi connectivity index (χ0v) is 16.2. The van der Waals surface area contributed by atoms with Crippen LogP contribution in [0.1, 0.15) is 53.4 Å². The molecule has 0 aromatic rings. The normalized spacial score (nSPS) is 41.8. The Morgan fingerprint density at radius 1 is 1.23 bits per heavy atom. The van der Waals surface area contributed by atoms with Crippen molar-refractivity contribution in [3.63, 3.8) is 0 Å². The third-order valence-corrected chi connectivity index (χ3v) is 5.99. The average molecular weight is 374 g/mol. The fourth-order valence-corrected chi connectivity index (χ4v) is 4.55. The van der Waals surface area contributed by atoms with Gasteiger partial charge in [0.25, 0.3) is 0 Å². The smallest absolute Gasteiger partial charge is 0.186 e. The summed E-state index contributed by atoms with van der Waals surface area (Å²) in [6.07, 6.45) is -3.65. The number of ether oxygens (including phenoxy) is 2. The summed E-state index contributed by atoms with van der Waals surface area (Å²) in [6.45, 7) is 7.78. The summed E-state index contributed by atoms with van der Waals surface area (Å²) >= 11 is 0. The Hall–Kier alpha value is -0.570.